The van der Waals surface area contributed by atoms with Crippen LogP contribution in [0.3, 0.4) is 0 Å². The standard InChI is InChI=1S/C16H30FN/c1-2-3-4-5-14-10-12-18(13-11-14)16-8-6-15(17)7-9-16/h14-16H,2-13H2,1H3/t15-,16-. The van der Waals surface area contributed by atoms with E-state index >= 15 is 0 Å². The van der Waals surface area contributed by atoms with Gasteiger partial charge in [0.05, 0.1) is 0 Å². The van der Waals surface area contributed by atoms with Crippen LogP contribution >= 0.6 is 0 Å². The van der Waals surface area contributed by atoms with Crippen molar-refractivity contribution in [1.82, 2.24) is 4.90 Å². The number of halogens is 1. The summed E-state index contributed by atoms with van der Waals surface area (Å²) in [5, 5.41) is 0. The van der Waals surface area contributed by atoms with Crippen LogP contribution in [0.4, 0.5) is 4.39 Å². The molecule has 1 aliphatic heterocycles. The van der Waals surface area contributed by atoms with Crippen LogP contribution < -0.4 is 0 Å². The second-order valence-electron chi connectivity index (χ2n) is 6.38. The van der Waals surface area contributed by atoms with Crippen molar-refractivity contribution in [3.05, 3.63) is 0 Å². The minimum absolute atomic E-state index is 0.507. The fraction of sp³-hybridized carbons (Fsp3) is 1.00. The third kappa shape index (κ3) is 4.22. The smallest absolute Gasteiger partial charge is 0.100 e. The Morgan fingerprint density at radius 2 is 1.61 bits per heavy atom. The van der Waals surface area contributed by atoms with Crippen molar-refractivity contribution in [2.24, 2.45) is 5.92 Å². The summed E-state index contributed by atoms with van der Waals surface area (Å²) in [5.41, 5.74) is 0. The Morgan fingerprint density at radius 3 is 2.22 bits per heavy atom. The Labute approximate surface area is 112 Å². The molecule has 0 N–H and O–H groups in total. The lowest BCUT2D eigenvalue weighted by Gasteiger charge is -2.40. The average molecular weight is 255 g/mol. The van der Waals surface area contributed by atoms with E-state index in [1.54, 1.807) is 0 Å². The highest BCUT2D eigenvalue weighted by Crippen LogP contribution is 2.30. The summed E-state index contributed by atoms with van der Waals surface area (Å²) in [6.07, 6.45) is 11.7. The van der Waals surface area contributed by atoms with Crippen LogP contribution in [0.5, 0.6) is 0 Å². The van der Waals surface area contributed by atoms with Crippen LogP contribution in [-0.4, -0.2) is 30.2 Å². The molecule has 0 atom stereocenters. The molecule has 0 unspecified atom stereocenters. The highest BCUT2D eigenvalue weighted by atomic mass is 19.1. The van der Waals surface area contributed by atoms with Gasteiger partial charge in [0.2, 0.25) is 0 Å². The first-order chi connectivity index (χ1) is 8.79. The Bertz CT molecular complexity index is 215. The predicted octanol–water partition coefficient (Wildman–Crippen LogP) is 4.56. The van der Waals surface area contributed by atoms with E-state index in [0.717, 1.165) is 31.6 Å². The van der Waals surface area contributed by atoms with E-state index in [-0.39, 0.29) is 0 Å². The number of hydrogen-bond acceptors (Lipinski definition) is 1. The van der Waals surface area contributed by atoms with Crippen molar-refractivity contribution in [3.63, 3.8) is 0 Å². The van der Waals surface area contributed by atoms with E-state index < -0.39 is 6.17 Å². The minimum atomic E-state index is -0.507. The SMILES string of the molecule is CCCCCC1CCN([C@H]2CC[C@H](F)CC2)CC1. The molecule has 2 rings (SSSR count). The summed E-state index contributed by atoms with van der Waals surface area (Å²) in [6, 6.07) is 0.702. The molecule has 2 aliphatic rings. The van der Waals surface area contributed by atoms with Gasteiger partial charge in [0.1, 0.15) is 6.17 Å². The molecule has 1 saturated heterocycles. The molecule has 1 aliphatic carbocycles. The third-order valence-electron chi connectivity index (χ3n) is 5.01. The van der Waals surface area contributed by atoms with Crippen LogP contribution in [0.25, 0.3) is 0 Å². The summed E-state index contributed by atoms with van der Waals surface area (Å²) < 4.78 is 13.1. The summed E-state index contributed by atoms with van der Waals surface area (Å²) in [6.45, 7) is 4.83. The van der Waals surface area contributed by atoms with Crippen molar-refractivity contribution < 1.29 is 4.39 Å². The van der Waals surface area contributed by atoms with Gasteiger partial charge in [-0.1, -0.05) is 32.6 Å². The van der Waals surface area contributed by atoms with Crippen LogP contribution in [0.15, 0.2) is 0 Å². The fourth-order valence-corrected chi connectivity index (χ4v) is 3.69. The van der Waals surface area contributed by atoms with Crippen LogP contribution in [-0.2, 0) is 0 Å². The molecular weight excluding hydrogens is 225 g/mol. The van der Waals surface area contributed by atoms with Crippen LogP contribution in [0.2, 0.25) is 0 Å². The zero-order chi connectivity index (χ0) is 12.8. The Hall–Kier alpha value is -0.110. The molecule has 0 spiro atoms. The van der Waals surface area contributed by atoms with Crippen LogP contribution in [0.1, 0.15) is 71.1 Å². The number of alkyl halides is 1. The quantitative estimate of drug-likeness (QED) is 0.651. The number of unbranched alkanes of at least 4 members (excludes halogenated alkanes) is 2. The molecule has 18 heavy (non-hydrogen) atoms. The van der Waals surface area contributed by atoms with Crippen molar-refractivity contribution in [2.45, 2.75) is 83.3 Å². The van der Waals surface area contributed by atoms with Gasteiger partial charge in [-0.15, -0.1) is 0 Å². The van der Waals surface area contributed by atoms with Gasteiger partial charge in [-0.2, -0.15) is 0 Å². The number of piperidine rings is 1. The molecule has 0 aromatic rings. The molecule has 0 radical (unpaired) electrons. The number of rotatable bonds is 5. The molecular formula is C16H30FN. The van der Waals surface area contributed by atoms with E-state index in [0.29, 0.717) is 6.04 Å². The number of hydrogen-bond donors (Lipinski definition) is 0. The summed E-state index contributed by atoms with van der Waals surface area (Å²) in [5.74, 6) is 0.977. The molecule has 106 valence electrons. The second-order valence-corrected chi connectivity index (χ2v) is 6.38. The normalized spacial score (nSPS) is 31.7. The largest absolute Gasteiger partial charge is 0.300 e. The summed E-state index contributed by atoms with van der Waals surface area (Å²) in [4.78, 5) is 2.65. The Morgan fingerprint density at radius 1 is 0.944 bits per heavy atom. The van der Waals surface area contributed by atoms with Crippen molar-refractivity contribution >= 4 is 0 Å². The topological polar surface area (TPSA) is 3.24 Å². The molecule has 0 aromatic heterocycles. The van der Waals surface area contributed by atoms with Gasteiger partial charge < -0.3 is 4.90 Å². The first-order valence-corrected chi connectivity index (χ1v) is 8.17. The first-order valence-electron chi connectivity index (χ1n) is 8.17. The fourth-order valence-electron chi connectivity index (χ4n) is 3.69. The summed E-state index contributed by atoms with van der Waals surface area (Å²) in [7, 11) is 0. The minimum Gasteiger partial charge on any atom is -0.300 e. The predicted molar refractivity (Wildman–Crippen MR) is 75.6 cm³/mol. The van der Waals surface area contributed by atoms with E-state index in [4.69, 9.17) is 0 Å². The monoisotopic (exact) mass is 255 g/mol. The van der Waals surface area contributed by atoms with E-state index in [2.05, 4.69) is 11.8 Å². The maximum atomic E-state index is 13.1. The number of likely N-dealkylation sites (tertiary alicyclic amines) is 1. The highest BCUT2D eigenvalue weighted by Gasteiger charge is 2.28. The number of nitrogens with zero attached hydrogens (tertiary/aromatic N) is 1. The van der Waals surface area contributed by atoms with Gasteiger partial charge in [0, 0.05) is 6.04 Å². The maximum absolute atomic E-state index is 13.1. The Kier molecular flexibility index (Phi) is 5.94. The van der Waals surface area contributed by atoms with Crippen LogP contribution in [0, 0.1) is 5.92 Å². The van der Waals surface area contributed by atoms with E-state index in [9.17, 15) is 4.39 Å². The molecule has 0 amide bonds. The third-order valence-corrected chi connectivity index (χ3v) is 5.01. The lowest BCUT2D eigenvalue weighted by molar-refractivity contribution is 0.0834. The second kappa shape index (κ2) is 7.47. The summed E-state index contributed by atoms with van der Waals surface area (Å²) >= 11 is 0. The molecule has 0 bridgehead atoms. The van der Waals surface area contributed by atoms with Gasteiger partial charge in [0.25, 0.3) is 0 Å². The van der Waals surface area contributed by atoms with E-state index in [1.807, 2.05) is 0 Å². The zero-order valence-electron chi connectivity index (χ0n) is 12.0. The van der Waals surface area contributed by atoms with E-state index in [1.165, 1.54) is 51.6 Å². The molecule has 1 nitrogen and oxygen atoms in total. The van der Waals surface area contributed by atoms with Gasteiger partial charge in [-0.05, 0) is 57.5 Å². The van der Waals surface area contributed by atoms with Gasteiger partial charge in [-0.25, -0.2) is 4.39 Å². The lowest BCUT2D eigenvalue weighted by atomic mass is 9.87. The maximum Gasteiger partial charge on any atom is 0.100 e. The van der Waals surface area contributed by atoms with Crippen molar-refractivity contribution in [3.8, 4) is 0 Å². The van der Waals surface area contributed by atoms with Crippen molar-refractivity contribution in [1.29, 1.82) is 0 Å². The van der Waals surface area contributed by atoms with Gasteiger partial charge in [-0.3, -0.25) is 0 Å². The molecule has 0 aromatic carbocycles. The molecule has 2 heteroatoms. The van der Waals surface area contributed by atoms with Gasteiger partial charge in [0.15, 0.2) is 0 Å². The highest BCUT2D eigenvalue weighted by molar-refractivity contribution is 4.83. The van der Waals surface area contributed by atoms with Gasteiger partial charge >= 0.3 is 0 Å². The molecule has 1 heterocycles. The van der Waals surface area contributed by atoms with Crippen molar-refractivity contribution in [2.75, 3.05) is 13.1 Å². The zero-order valence-corrected chi connectivity index (χ0v) is 12.0. The molecule has 1 saturated carbocycles. The lowest BCUT2D eigenvalue weighted by Crippen LogP contribution is -2.43. The molecule has 2 fully saturated rings. The Balaban J connectivity index is 1.63. The first kappa shape index (κ1) is 14.3. The average Bonchev–Trinajstić information content (AvgIpc) is 2.41.